The lowest BCUT2D eigenvalue weighted by Gasteiger charge is -2.26. The van der Waals surface area contributed by atoms with Crippen LogP contribution in [-0.4, -0.2) is 76.1 Å². The molecule has 27 heavy (non-hydrogen) atoms. The molecule has 1 saturated heterocycles. The summed E-state index contributed by atoms with van der Waals surface area (Å²) in [5.74, 6) is 0.238. The molecule has 1 aliphatic rings. The van der Waals surface area contributed by atoms with Crippen molar-refractivity contribution in [2.75, 3.05) is 57.9 Å². The summed E-state index contributed by atoms with van der Waals surface area (Å²) in [7, 11) is -3.62. The number of ether oxygens (including phenoxy) is 2. The number of sulfonamides is 1. The first-order chi connectivity index (χ1) is 12.9. The van der Waals surface area contributed by atoms with Crippen molar-refractivity contribution >= 4 is 21.6 Å². The number of anilines is 1. The van der Waals surface area contributed by atoms with Crippen molar-refractivity contribution in [3.05, 3.63) is 18.2 Å². The number of rotatable bonds is 9. The first kappa shape index (κ1) is 21.6. The topological polar surface area (TPSA) is 88.2 Å². The number of carbonyl (C=O) groups is 1. The van der Waals surface area contributed by atoms with Crippen molar-refractivity contribution < 1.29 is 22.7 Å². The van der Waals surface area contributed by atoms with Crippen molar-refractivity contribution in [2.24, 2.45) is 0 Å². The number of benzene rings is 1. The lowest BCUT2D eigenvalue weighted by atomic mass is 10.3. The van der Waals surface area contributed by atoms with Crippen LogP contribution in [0.25, 0.3) is 0 Å². The molecule has 8 nitrogen and oxygen atoms in total. The van der Waals surface area contributed by atoms with Crippen molar-refractivity contribution in [3.63, 3.8) is 0 Å². The lowest BCUT2D eigenvalue weighted by molar-refractivity contribution is -0.118. The minimum Gasteiger partial charge on any atom is -0.492 e. The number of amides is 1. The summed E-state index contributed by atoms with van der Waals surface area (Å²) in [6.45, 7) is 9.42. The maximum Gasteiger partial charge on any atom is 0.243 e. The van der Waals surface area contributed by atoms with Gasteiger partial charge in [-0.2, -0.15) is 4.31 Å². The summed E-state index contributed by atoms with van der Waals surface area (Å²) < 4.78 is 37.7. The highest BCUT2D eigenvalue weighted by Crippen LogP contribution is 2.29. The van der Waals surface area contributed by atoms with E-state index in [4.69, 9.17) is 9.47 Å². The molecule has 0 spiro atoms. The second-order valence-corrected chi connectivity index (χ2v) is 8.05. The highest BCUT2D eigenvalue weighted by atomic mass is 32.2. The van der Waals surface area contributed by atoms with Crippen LogP contribution in [0.15, 0.2) is 23.1 Å². The summed E-state index contributed by atoms with van der Waals surface area (Å²) in [5, 5.41) is 2.80. The molecule has 1 amide bonds. The van der Waals surface area contributed by atoms with Crippen LogP contribution in [0.2, 0.25) is 0 Å². The SMILES string of the molecule is CCOc1ccc(S(=O)(=O)N(CC)CC)cc1NC(=O)CN1CCOCC1. The molecule has 1 aromatic carbocycles. The fourth-order valence-electron chi connectivity index (χ4n) is 2.91. The number of morpholine rings is 1. The Labute approximate surface area is 161 Å². The Kier molecular flexibility index (Phi) is 8.03. The quantitative estimate of drug-likeness (QED) is 0.675. The highest BCUT2D eigenvalue weighted by molar-refractivity contribution is 7.89. The van der Waals surface area contributed by atoms with E-state index in [2.05, 4.69) is 5.32 Å². The smallest absolute Gasteiger partial charge is 0.243 e. The van der Waals surface area contributed by atoms with Gasteiger partial charge in [0.15, 0.2) is 0 Å². The molecule has 1 fully saturated rings. The molecule has 0 bridgehead atoms. The molecule has 1 aromatic rings. The summed E-state index contributed by atoms with van der Waals surface area (Å²) in [4.78, 5) is 14.6. The first-order valence-corrected chi connectivity index (χ1v) is 10.7. The van der Waals surface area contributed by atoms with Gasteiger partial charge in [-0.05, 0) is 25.1 Å². The number of hydrogen-bond acceptors (Lipinski definition) is 6. The van der Waals surface area contributed by atoms with E-state index in [1.165, 1.54) is 16.4 Å². The van der Waals surface area contributed by atoms with Crippen molar-refractivity contribution in [3.8, 4) is 5.75 Å². The van der Waals surface area contributed by atoms with E-state index in [0.29, 0.717) is 57.4 Å². The third-order valence-electron chi connectivity index (χ3n) is 4.34. The largest absolute Gasteiger partial charge is 0.492 e. The predicted molar refractivity (Wildman–Crippen MR) is 104 cm³/mol. The van der Waals surface area contributed by atoms with E-state index >= 15 is 0 Å². The second kappa shape index (κ2) is 10.0. The summed E-state index contributed by atoms with van der Waals surface area (Å²) in [6.07, 6.45) is 0. The van der Waals surface area contributed by atoms with E-state index in [0.717, 1.165) is 0 Å². The third-order valence-corrected chi connectivity index (χ3v) is 6.38. The highest BCUT2D eigenvalue weighted by Gasteiger charge is 2.23. The zero-order valence-corrected chi connectivity index (χ0v) is 17.0. The minimum absolute atomic E-state index is 0.135. The molecule has 1 N–H and O–H groups in total. The van der Waals surface area contributed by atoms with E-state index < -0.39 is 10.0 Å². The van der Waals surface area contributed by atoms with Crippen LogP contribution in [0, 0.1) is 0 Å². The average molecular weight is 400 g/mol. The van der Waals surface area contributed by atoms with Gasteiger partial charge in [-0.15, -0.1) is 0 Å². The Morgan fingerprint density at radius 3 is 2.48 bits per heavy atom. The zero-order valence-electron chi connectivity index (χ0n) is 16.2. The van der Waals surface area contributed by atoms with Crippen LogP contribution in [0.5, 0.6) is 5.75 Å². The lowest BCUT2D eigenvalue weighted by Crippen LogP contribution is -2.41. The normalized spacial score (nSPS) is 15.7. The van der Waals surface area contributed by atoms with E-state index in [1.807, 2.05) is 11.8 Å². The van der Waals surface area contributed by atoms with Gasteiger partial charge in [0, 0.05) is 26.2 Å². The Bertz CT molecular complexity index is 729. The number of carbonyl (C=O) groups excluding carboxylic acids is 1. The summed E-state index contributed by atoms with van der Waals surface area (Å²) in [6, 6.07) is 4.57. The van der Waals surface area contributed by atoms with Gasteiger partial charge in [-0.3, -0.25) is 9.69 Å². The van der Waals surface area contributed by atoms with Crippen molar-refractivity contribution in [1.29, 1.82) is 0 Å². The number of hydrogen-bond donors (Lipinski definition) is 1. The number of nitrogens with one attached hydrogen (secondary N) is 1. The maximum atomic E-state index is 12.8. The molecule has 0 unspecified atom stereocenters. The first-order valence-electron chi connectivity index (χ1n) is 9.29. The van der Waals surface area contributed by atoms with E-state index in [9.17, 15) is 13.2 Å². The van der Waals surface area contributed by atoms with Gasteiger partial charge >= 0.3 is 0 Å². The van der Waals surface area contributed by atoms with Gasteiger partial charge < -0.3 is 14.8 Å². The standard InChI is InChI=1S/C18H29N3O5S/c1-4-21(5-2)27(23,24)15-7-8-17(26-6-3)16(13-15)19-18(22)14-20-9-11-25-12-10-20/h7-8,13H,4-6,9-12,14H2,1-3H3,(H,19,22). The summed E-state index contributed by atoms with van der Waals surface area (Å²) in [5.41, 5.74) is 0.364. The Morgan fingerprint density at radius 1 is 1.22 bits per heavy atom. The third kappa shape index (κ3) is 5.65. The molecule has 0 saturated carbocycles. The molecule has 0 aliphatic carbocycles. The molecule has 9 heteroatoms. The molecule has 0 atom stereocenters. The van der Waals surface area contributed by atoms with E-state index in [1.54, 1.807) is 19.9 Å². The Hall–Kier alpha value is -1.68. The molecule has 0 radical (unpaired) electrons. The van der Waals surface area contributed by atoms with Crippen molar-refractivity contribution in [1.82, 2.24) is 9.21 Å². The second-order valence-electron chi connectivity index (χ2n) is 6.12. The molecule has 2 rings (SSSR count). The minimum atomic E-state index is -3.62. The van der Waals surface area contributed by atoms with Gasteiger partial charge in [0.2, 0.25) is 15.9 Å². The molecule has 1 heterocycles. The predicted octanol–water partition coefficient (Wildman–Crippen LogP) is 1.39. The van der Waals surface area contributed by atoms with Crippen LogP contribution < -0.4 is 10.1 Å². The zero-order chi connectivity index (χ0) is 19.9. The molecule has 0 aromatic heterocycles. The van der Waals surface area contributed by atoms with E-state index in [-0.39, 0.29) is 17.3 Å². The van der Waals surface area contributed by atoms with Crippen LogP contribution in [0.1, 0.15) is 20.8 Å². The van der Waals surface area contributed by atoms with Crippen LogP contribution in [0.3, 0.4) is 0 Å². The maximum absolute atomic E-state index is 12.8. The Balaban J connectivity index is 2.23. The van der Waals surface area contributed by atoms with Crippen LogP contribution >= 0.6 is 0 Å². The fourth-order valence-corrected chi connectivity index (χ4v) is 4.40. The van der Waals surface area contributed by atoms with Crippen LogP contribution in [0.4, 0.5) is 5.69 Å². The van der Waals surface area contributed by atoms with Crippen molar-refractivity contribution in [2.45, 2.75) is 25.7 Å². The molecule has 152 valence electrons. The van der Waals surface area contributed by atoms with Crippen LogP contribution in [-0.2, 0) is 19.6 Å². The van der Waals surface area contributed by atoms with Gasteiger partial charge in [-0.1, -0.05) is 13.8 Å². The Morgan fingerprint density at radius 2 is 1.89 bits per heavy atom. The monoisotopic (exact) mass is 399 g/mol. The van der Waals surface area contributed by atoms with Gasteiger partial charge in [0.1, 0.15) is 5.75 Å². The number of nitrogens with zero attached hydrogens (tertiary/aromatic N) is 2. The fraction of sp³-hybridized carbons (Fsp3) is 0.611. The molecular formula is C18H29N3O5S. The summed E-state index contributed by atoms with van der Waals surface area (Å²) >= 11 is 0. The molecular weight excluding hydrogens is 370 g/mol. The van der Waals surface area contributed by atoms with Gasteiger partial charge in [0.25, 0.3) is 0 Å². The average Bonchev–Trinajstić information content (AvgIpc) is 2.64. The van der Waals surface area contributed by atoms with Gasteiger partial charge in [-0.25, -0.2) is 8.42 Å². The van der Waals surface area contributed by atoms with Gasteiger partial charge in [0.05, 0.1) is 36.9 Å². The molecule has 1 aliphatic heterocycles.